The third-order valence-electron chi connectivity index (χ3n) is 7.22. The Kier molecular flexibility index (Phi) is 17.9. The second kappa shape index (κ2) is 20.7. The molecule has 0 unspecified atom stereocenters. The highest BCUT2D eigenvalue weighted by Gasteiger charge is 2.39. The second-order valence-electron chi connectivity index (χ2n) is 11.6. The van der Waals surface area contributed by atoms with Gasteiger partial charge in [-0.15, -0.1) is 0 Å². The molecule has 1 rings (SSSR count). The number of hydrogen-bond donors (Lipinski definition) is 10. The Hall–Kier alpha value is -4.46. The lowest BCUT2D eigenvalue weighted by atomic mass is 10.0. The first-order chi connectivity index (χ1) is 22.5. The summed E-state index contributed by atoms with van der Waals surface area (Å²) < 4.78 is 0. The zero-order chi connectivity index (χ0) is 36.6. The first-order valence-corrected chi connectivity index (χ1v) is 16.0. The molecule has 270 valence electrons. The van der Waals surface area contributed by atoms with Crippen molar-refractivity contribution in [1.29, 1.82) is 0 Å². The van der Waals surface area contributed by atoms with Gasteiger partial charge in [0.15, 0.2) is 5.96 Å². The van der Waals surface area contributed by atoms with E-state index in [0.717, 1.165) is 0 Å². The molecular weight excluding hydrogens is 652 g/mol. The largest absolute Gasteiger partial charge is 0.481 e. The topological polar surface area (TPSA) is 311 Å². The molecule has 0 aromatic carbocycles. The van der Waals surface area contributed by atoms with E-state index in [1.165, 1.54) is 11.8 Å². The van der Waals surface area contributed by atoms with E-state index in [4.69, 9.17) is 22.3 Å². The van der Waals surface area contributed by atoms with Crippen LogP contribution < -0.4 is 43.8 Å². The maximum Gasteiger partial charge on any atom is 0.305 e. The number of carboxylic acids is 1. The number of thiol groups is 1. The lowest BCUT2D eigenvalue weighted by molar-refractivity contribution is -0.144. The molecule has 0 aliphatic carbocycles. The number of Topliss-reactive ketones (excluding diaryl/α,β-unsaturated/α-hetero) is 1. The quantitative estimate of drug-likeness (QED) is 0.0235. The van der Waals surface area contributed by atoms with Gasteiger partial charge in [-0.3, -0.25) is 48.7 Å². The van der Waals surface area contributed by atoms with Gasteiger partial charge in [-0.25, -0.2) is 0 Å². The Morgan fingerprint density at radius 2 is 1.60 bits per heavy atom. The predicted molar refractivity (Wildman–Crippen MR) is 176 cm³/mol. The van der Waals surface area contributed by atoms with Crippen molar-refractivity contribution < 1.29 is 43.5 Å². The smallest absolute Gasteiger partial charge is 0.305 e. The third kappa shape index (κ3) is 14.5. The lowest BCUT2D eigenvalue weighted by Gasteiger charge is -2.31. The van der Waals surface area contributed by atoms with E-state index < -0.39 is 90.5 Å². The Labute approximate surface area is 283 Å². The number of rotatable bonds is 21. The monoisotopic (exact) mass is 700 g/mol. The van der Waals surface area contributed by atoms with Crippen LogP contribution in [0.25, 0.3) is 0 Å². The molecule has 1 fully saturated rings. The van der Waals surface area contributed by atoms with E-state index in [1.807, 2.05) is 0 Å². The average Bonchev–Trinajstić information content (AvgIpc) is 3.49. The van der Waals surface area contributed by atoms with Gasteiger partial charge in [0.05, 0.1) is 25.6 Å². The molecule has 20 heteroatoms. The first kappa shape index (κ1) is 41.6. The fourth-order valence-corrected chi connectivity index (χ4v) is 5.00. The SMILES string of the molecule is CC(=O)CN[C@@H](CCCN=C(N)N)C(=O)N[C@@H](CS)C(=O)NCC(=O)N[C@H](C(=O)N1CCC[C@H]1C(=O)N[C@@H](CC(=O)O)C(N)=O)C(C)C. The number of carbonyl (C=O) groups excluding carboxylic acids is 7. The molecule has 5 atom stereocenters. The molecule has 48 heavy (non-hydrogen) atoms. The molecule has 1 saturated heterocycles. The number of nitrogens with zero attached hydrogens (tertiary/aromatic N) is 2. The fourth-order valence-electron chi connectivity index (χ4n) is 4.74. The number of carbonyl (C=O) groups is 8. The van der Waals surface area contributed by atoms with Crippen LogP contribution in [-0.4, -0.2) is 125 Å². The van der Waals surface area contributed by atoms with E-state index in [1.54, 1.807) is 13.8 Å². The Balaban J connectivity index is 2.84. The Morgan fingerprint density at radius 3 is 2.15 bits per heavy atom. The molecule has 12 N–H and O–H groups in total. The highest BCUT2D eigenvalue weighted by Crippen LogP contribution is 2.21. The van der Waals surface area contributed by atoms with Crippen molar-refractivity contribution >= 4 is 65.8 Å². The number of nitrogens with one attached hydrogen (secondary N) is 5. The van der Waals surface area contributed by atoms with Crippen LogP contribution in [0.15, 0.2) is 4.99 Å². The van der Waals surface area contributed by atoms with Gasteiger partial charge >= 0.3 is 5.97 Å². The normalized spacial score (nSPS) is 16.5. The second-order valence-corrected chi connectivity index (χ2v) is 12.0. The minimum Gasteiger partial charge on any atom is -0.481 e. The van der Waals surface area contributed by atoms with Crippen molar-refractivity contribution in [2.75, 3.05) is 31.9 Å². The first-order valence-electron chi connectivity index (χ1n) is 15.4. The molecule has 19 nitrogen and oxygen atoms in total. The van der Waals surface area contributed by atoms with Crippen LogP contribution in [0.1, 0.15) is 52.9 Å². The maximum absolute atomic E-state index is 13.5. The van der Waals surface area contributed by atoms with Gasteiger partial charge < -0.3 is 48.5 Å². The highest BCUT2D eigenvalue weighted by molar-refractivity contribution is 7.80. The number of aliphatic imine (C=N–C) groups is 1. The van der Waals surface area contributed by atoms with Crippen molar-refractivity contribution in [1.82, 2.24) is 31.5 Å². The van der Waals surface area contributed by atoms with Crippen LogP contribution in [0.3, 0.4) is 0 Å². The van der Waals surface area contributed by atoms with Gasteiger partial charge in [-0.1, -0.05) is 13.8 Å². The number of hydrogen-bond acceptors (Lipinski definition) is 11. The average molecular weight is 701 g/mol. The molecule has 0 aromatic heterocycles. The molecule has 0 bridgehead atoms. The number of aliphatic carboxylic acids is 1. The Morgan fingerprint density at radius 1 is 0.938 bits per heavy atom. The molecule has 6 amide bonds. The number of primary amides is 1. The summed E-state index contributed by atoms with van der Waals surface area (Å²) in [6, 6.07) is -5.59. The molecule has 0 radical (unpaired) electrons. The van der Waals surface area contributed by atoms with Crippen molar-refractivity contribution in [3.05, 3.63) is 0 Å². The number of nitrogens with two attached hydrogens (primary N) is 3. The van der Waals surface area contributed by atoms with Gasteiger partial charge in [0.1, 0.15) is 30.0 Å². The molecule has 1 heterocycles. The minimum absolute atomic E-state index is 0.0878. The predicted octanol–water partition coefficient (Wildman–Crippen LogP) is -4.31. The van der Waals surface area contributed by atoms with Crippen molar-refractivity contribution in [3.8, 4) is 0 Å². The third-order valence-corrected chi connectivity index (χ3v) is 7.59. The van der Waals surface area contributed by atoms with E-state index in [-0.39, 0.29) is 50.0 Å². The molecule has 0 spiro atoms. The van der Waals surface area contributed by atoms with Gasteiger partial charge in [0, 0.05) is 18.8 Å². The Bertz CT molecular complexity index is 1230. The van der Waals surface area contributed by atoms with Crippen molar-refractivity contribution in [2.24, 2.45) is 28.1 Å². The standard InChI is InChI=1S/C28H48N10O9S/c1-14(2)22(27(47)38-9-5-7-19(38)26(46)35-17(23(29)43)10-21(41)42)37-20(40)12-34-24(44)18(13-48)36-25(45)16(33-11-15(3)39)6-4-8-32-28(30)31/h14,16-19,22,33,48H,4-13H2,1-3H3,(H2,29,43)(H,34,44)(H,35,46)(H,36,45)(H,37,40)(H,41,42)(H4,30,31,32)/t16-,17-,18-,19-,22-/m0/s1. The maximum atomic E-state index is 13.5. The van der Waals surface area contributed by atoms with Crippen LogP contribution in [-0.2, 0) is 38.4 Å². The molecule has 0 aromatic rings. The summed E-state index contributed by atoms with van der Waals surface area (Å²) >= 11 is 4.13. The lowest BCUT2D eigenvalue weighted by Crippen LogP contribution is -2.58. The van der Waals surface area contributed by atoms with Crippen LogP contribution in [0.5, 0.6) is 0 Å². The number of ketones is 1. The molecule has 1 aliphatic heterocycles. The number of amides is 6. The summed E-state index contributed by atoms with van der Waals surface area (Å²) in [7, 11) is 0. The summed E-state index contributed by atoms with van der Waals surface area (Å²) in [5.74, 6) is -6.64. The zero-order valence-electron chi connectivity index (χ0n) is 27.3. The van der Waals surface area contributed by atoms with E-state index in [0.29, 0.717) is 12.8 Å². The summed E-state index contributed by atoms with van der Waals surface area (Å²) in [5.41, 5.74) is 15.8. The van der Waals surface area contributed by atoms with E-state index in [9.17, 15) is 38.4 Å². The van der Waals surface area contributed by atoms with Crippen LogP contribution in [0, 0.1) is 5.92 Å². The van der Waals surface area contributed by atoms with Crippen molar-refractivity contribution in [3.63, 3.8) is 0 Å². The molecular formula is C28H48N10O9S. The summed E-state index contributed by atoms with van der Waals surface area (Å²) in [6.45, 7) is 4.46. The number of guanidine groups is 1. The molecule has 0 saturated carbocycles. The fraction of sp³-hybridized carbons (Fsp3) is 0.679. The van der Waals surface area contributed by atoms with Gasteiger partial charge in [-0.05, 0) is 38.5 Å². The zero-order valence-corrected chi connectivity index (χ0v) is 28.2. The van der Waals surface area contributed by atoms with Gasteiger partial charge in [0.25, 0.3) is 0 Å². The van der Waals surface area contributed by atoms with Gasteiger partial charge in [-0.2, -0.15) is 12.6 Å². The van der Waals surface area contributed by atoms with Crippen LogP contribution in [0.2, 0.25) is 0 Å². The summed E-state index contributed by atoms with van der Waals surface area (Å²) in [4.78, 5) is 104. The van der Waals surface area contributed by atoms with Crippen molar-refractivity contribution in [2.45, 2.75) is 83.1 Å². The van der Waals surface area contributed by atoms with Crippen LogP contribution >= 0.6 is 12.6 Å². The number of carboxylic acid groups (broad SMARTS) is 1. The highest BCUT2D eigenvalue weighted by atomic mass is 32.1. The van der Waals surface area contributed by atoms with Crippen LogP contribution in [0.4, 0.5) is 0 Å². The van der Waals surface area contributed by atoms with Gasteiger partial charge in [0.2, 0.25) is 35.4 Å². The minimum atomic E-state index is -1.47. The number of likely N-dealkylation sites (tertiary alicyclic amines) is 1. The van der Waals surface area contributed by atoms with E-state index in [2.05, 4.69) is 44.2 Å². The molecule has 1 aliphatic rings. The summed E-state index contributed by atoms with van der Waals surface area (Å²) in [5, 5.41) is 21.6. The van der Waals surface area contributed by atoms with E-state index >= 15 is 0 Å². The summed E-state index contributed by atoms with van der Waals surface area (Å²) in [6.07, 6.45) is 0.599.